The number of pyridine rings is 1. The number of fused-ring (bicyclic) bond motifs is 1. The highest BCUT2D eigenvalue weighted by Crippen LogP contribution is 2.46. The zero-order valence-electron chi connectivity index (χ0n) is 35.2. The van der Waals surface area contributed by atoms with Gasteiger partial charge in [-0.1, -0.05) is 57.2 Å². The largest absolute Gasteiger partial charge is 0.497 e. The van der Waals surface area contributed by atoms with Gasteiger partial charge in [-0.05, 0) is 36.8 Å². The molecule has 2 aromatic carbocycles. The molecule has 4 amide bonds. The molecule has 0 unspecified atom stereocenters. The number of benzene rings is 2. The van der Waals surface area contributed by atoms with Gasteiger partial charge in [0.05, 0.1) is 49.2 Å². The van der Waals surface area contributed by atoms with Gasteiger partial charge in [0.2, 0.25) is 27.7 Å². The Hall–Kier alpha value is -5.06. The van der Waals surface area contributed by atoms with Gasteiger partial charge in [0, 0.05) is 67.8 Å². The monoisotopic (exact) mass is 857 g/mol. The molecule has 3 aliphatic heterocycles. The van der Waals surface area contributed by atoms with Crippen LogP contribution in [-0.2, 0) is 38.7 Å². The first-order valence-electron chi connectivity index (χ1n) is 21.1. The van der Waals surface area contributed by atoms with E-state index >= 15 is 4.79 Å². The Labute approximate surface area is 356 Å². The van der Waals surface area contributed by atoms with E-state index in [2.05, 4.69) is 16.6 Å². The average Bonchev–Trinajstić information content (AvgIpc) is 4.14. The zero-order valence-corrected chi connectivity index (χ0v) is 36.0. The Kier molecular flexibility index (Phi) is 11.4. The van der Waals surface area contributed by atoms with Crippen LogP contribution in [0.3, 0.4) is 0 Å². The van der Waals surface area contributed by atoms with Gasteiger partial charge in [-0.15, -0.1) is 6.58 Å². The van der Waals surface area contributed by atoms with Gasteiger partial charge < -0.3 is 34.1 Å². The highest BCUT2D eigenvalue weighted by atomic mass is 32.2. The van der Waals surface area contributed by atoms with Gasteiger partial charge >= 0.3 is 0 Å². The third-order valence-corrected chi connectivity index (χ3v) is 14.7. The van der Waals surface area contributed by atoms with E-state index in [4.69, 9.17) is 23.9 Å². The van der Waals surface area contributed by atoms with Gasteiger partial charge in [-0.25, -0.2) is 13.4 Å². The molecule has 5 atom stereocenters. The Balaban J connectivity index is 1.09. The summed E-state index contributed by atoms with van der Waals surface area (Å²) in [5.74, 6) is -2.97. The van der Waals surface area contributed by atoms with Crippen molar-refractivity contribution in [3.8, 4) is 22.8 Å². The smallest absolute Gasteiger partial charge is 0.259 e. The summed E-state index contributed by atoms with van der Waals surface area (Å²) in [6, 6.07) is 15.8. The number of amides is 4. The van der Waals surface area contributed by atoms with Crippen molar-refractivity contribution in [2.75, 3.05) is 40.0 Å². The summed E-state index contributed by atoms with van der Waals surface area (Å²) in [5.41, 5.74) is -0.131. The molecule has 2 aliphatic carbocycles. The fourth-order valence-corrected chi connectivity index (χ4v) is 10.2. The first-order chi connectivity index (χ1) is 29.0. The number of carbonyl (C=O) groups excluding carboxylic acids is 4. The highest BCUT2D eigenvalue weighted by molar-refractivity contribution is 7.91. The van der Waals surface area contributed by atoms with E-state index in [0.717, 1.165) is 5.56 Å². The molecule has 3 aromatic rings. The molecule has 0 radical (unpaired) electrons. The highest BCUT2D eigenvalue weighted by Gasteiger charge is 2.62. The van der Waals surface area contributed by atoms with Crippen molar-refractivity contribution in [1.82, 2.24) is 24.8 Å². The lowest BCUT2D eigenvalue weighted by molar-refractivity contribution is -0.188. The lowest BCUT2D eigenvalue weighted by atomic mass is 9.77. The molecular formula is C45H55N5O10S. The van der Waals surface area contributed by atoms with Crippen molar-refractivity contribution in [3.05, 3.63) is 67.3 Å². The van der Waals surface area contributed by atoms with Crippen LogP contribution < -0.4 is 19.5 Å². The van der Waals surface area contributed by atoms with E-state index in [1.165, 1.54) is 11.0 Å². The van der Waals surface area contributed by atoms with Crippen LogP contribution in [0.4, 0.5) is 0 Å². The van der Waals surface area contributed by atoms with E-state index in [-0.39, 0.29) is 31.7 Å². The van der Waals surface area contributed by atoms with Crippen molar-refractivity contribution >= 4 is 44.6 Å². The normalized spacial score (nSPS) is 25.2. The predicted octanol–water partition coefficient (Wildman–Crippen LogP) is 4.35. The van der Waals surface area contributed by atoms with Crippen LogP contribution in [-0.4, -0.2) is 116 Å². The van der Waals surface area contributed by atoms with Gasteiger partial charge in [0.25, 0.3) is 5.91 Å². The predicted molar refractivity (Wildman–Crippen MR) is 226 cm³/mol. The fraction of sp³-hybridized carbons (Fsp3) is 0.533. The number of likely N-dealkylation sites (tertiary alicyclic amines) is 2. The standard InChI is InChI=1S/C45H55N5O10S/c1-6-29-26-45(29,42(54)48-61(55,56)32-13-14-32)47-40(52)37-23-31(60-38-25-35(28-10-8-7-9-11-28)46-36-22-30(57-5)12-15-33(36)38)27-50(37)41(53)34(43(2,3)4)24-39(51)49-18-16-44(17-19-49)58-20-21-59-44/h6-12,15,22,25,29,31-32,34,37H,1,13-14,16-21,23-24,26-27H2,2-5H3,(H,47,52)(H,48,54)/t29-,31-,34-,37+,45-/m1/s1. The topological polar surface area (TPSA) is 183 Å². The van der Waals surface area contributed by atoms with Crippen LogP contribution in [0.1, 0.15) is 65.7 Å². The molecule has 1 spiro atoms. The zero-order chi connectivity index (χ0) is 43.3. The van der Waals surface area contributed by atoms with Gasteiger partial charge in [0.15, 0.2) is 5.79 Å². The summed E-state index contributed by atoms with van der Waals surface area (Å²) in [5, 5.41) is 2.92. The molecule has 15 nitrogen and oxygen atoms in total. The fourth-order valence-electron chi connectivity index (χ4n) is 8.88. The summed E-state index contributed by atoms with van der Waals surface area (Å²) in [7, 11) is -2.34. The van der Waals surface area contributed by atoms with E-state index in [0.29, 0.717) is 80.1 Å². The van der Waals surface area contributed by atoms with Gasteiger partial charge in [-0.3, -0.25) is 23.9 Å². The Morgan fingerprint density at radius 2 is 1.74 bits per heavy atom. The summed E-state index contributed by atoms with van der Waals surface area (Å²) < 4.78 is 51.9. The van der Waals surface area contributed by atoms with Crippen LogP contribution in [0.2, 0.25) is 0 Å². The molecule has 3 saturated heterocycles. The number of carbonyl (C=O) groups is 4. The van der Waals surface area contributed by atoms with Crippen LogP contribution >= 0.6 is 0 Å². The number of rotatable bonds is 13. The third-order valence-electron chi connectivity index (χ3n) is 12.9. The average molecular weight is 858 g/mol. The Morgan fingerprint density at radius 3 is 2.36 bits per heavy atom. The number of nitrogens with one attached hydrogen (secondary N) is 2. The second kappa shape index (κ2) is 16.3. The van der Waals surface area contributed by atoms with Crippen LogP contribution in [0.5, 0.6) is 11.5 Å². The minimum Gasteiger partial charge on any atom is -0.497 e. The molecule has 1 aromatic heterocycles. The van der Waals surface area contributed by atoms with E-state index in [1.54, 1.807) is 18.1 Å². The van der Waals surface area contributed by atoms with E-state index in [1.807, 2.05) is 69.3 Å². The maximum absolute atomic E-state index is 15.0. The minimum atomic E-state index is -3.92. The summed E-state index contributed by atoms with van der Waals surface area (Å²) in [6.45, 7) is 11.4. The second-order valence-corrected chi connectivity index (χ2v) is 20.0. The third kappa shape index (κ3) is 8.71. The SMILES string of the molecule is C=C[C@@H]1C[C@]1(NC(=O)[C@@H]1C[C@@H](Oc2cc(-c3ccccc3)nc3cc(OC)ccc23)CN1C(=O)[C@@H](CC(=O)N1CCC2(CC1)OCCO2)C(C)(C)C)C(=O)NS(=O)(=O)C1CC1. The lowest BCUT2D eigenvalue weighted by Gasteiger charge is -2.39. The van der Waals surface area contributed by atoms with Crippen LogP contribution in [0.15, 0.2) is 67.3 Å². The first-order valence-corrected chi connectivity index (χ1v) is 22.7. The molecule has 2 N–H and O–H groups in total. The van der Waals surface area contributed by atoms with Crippen LogP contribution in [0, 0.1) is 17.3 Å². The Morgan fingerprint density at radius 1 is 1.03 bits per heavy atom. The molecule has 2 saturated carbocycles. The summed E-state index contributed by atoms with van der Waals surface area (Å²) >= 11 is 0. The second-order valence-electron chi connectivity index (χ2n) is 18.0. The van der Waals surface area contributed by atoms with Crippen molar-refractivity contribution < 1.29 is 46.5 Å². The molecule has 16 heteroatoms. The van der Waals surface area contributed by atoms with Gasteiger partial charge in [0.1, 0.15) is 29.2 Å². The molecule has 8 rings (SSSR count). The molecule has 326 valence electrons. The molecule has 4 heterocycles. The number of ether oxygens (including phenoxy) is 4. The van der Waals surface area contributed by atoms with Crippen molar-refractivity contribution in [2.24, 2.45) is 17.3 Å². The minimum absolute atomic E-state index is 0.000609. The maximum atomic E-state index is 15.0. The quantitative estimate of drug-likeness (QED) is 0.233. The number of aromatic nitrogens is 1. The van der Waals surface area contributed by atoms with E-state index in [9.17, 15) is 22.8 Å². The molecule has 0 bridgehead atoms. The van der Waals surface area contributed by atoms with Crippen LogP contribution in [0.25, 0.3) is 22.2 Å². The lowest BCUT2D eigenvalue weighted by Crippen LogP contribution is -2.57. The Bertz CT molecular complexity index is 2310. The number of hydrogen-bond acceptors (Lipinski definition) is 11. The number of sulfonamides is 1. The number of nitrogens with zero attached hydrogens (tertiary/aromatic N) is 3. The number of hydrogen-bond donors (Lipinski definition) is 2. The number of methoxy groups -OCH3 is 1. The van der Waals surface area contributed by atoms with E-state index < -0.39 is 73.7 Å². The van der Waals surface area contributed by atoms with Gasteiger partial charge in [-0.2, -0.15) is 0 Å². The summed E-state index contributed by atoms with van der Waals surface area (Å²) in [6.07, 6.45) is 2.91. The molecule has 5 fully saturated rings. The first kappa shape index (κ1) is 42.6. The molecule has 5 aliphatic rings. The van der Waals surface area contributed by atoms with Crippen molar-refractivity contribution in [1.29, 1.82) is 0 Å². The van der Waals surface area contributed by atoms with Crippen molar-refractivity contribution in [3.63, 3.8) is 0 Å². The number of piperidine rings is 1. The summed E-state index contributed by atoms with van der Waals surface area (Å²) in [4.78, 5) is 65.5. The molecule has 61 heavy (non-hydrogen) atoms. The van der Waals surface area contributed by atoms with Crippen molar-refractivity contribution in [2.45, 2.75) is 94.4 Å². The molecular weight excluding hydrogens is 803 g/mol. The maximum Gasteiger partial charge on any atom is 0.259 e.